The van der Waals surface area contributed by atoms with Gasteiger partial charge in [0.1, 0.15) is 5.82 Å². The Balaban J connectivity index is 1.80. The number of imidazole rings is 1. The van der Waals surface area contributed by atoms with Crippen molar-refractivity contribution in [2.24, 2.45) is 0 Å². The molecule has 1 fully saturated rings. The maximum atomic E-state index is 13.1. The molecule has 1 aliphatic heterocycles. The lowest BCUT2D eigenvalue weighted by Gasteiger charge is -2.46. The van der Waals surface area contributed by atoms with E-state index in [-0.39, 0.29) is 5.82 Å². The summed E-state index contributed by atoms with van der Waals surface area (Å²) >= 11 is 0. The average molecular weight is 249 g/mol. The highest BCUT2D eigenvalue weighted by molar-refractivity contribution is 5.77. The summed E-state index contributed by atoms with van der Waals surface area (Å²) < 4.78 is 13.1. The zero-order valence-corrected chi connectivity index (χ0v) is 10.3. The first-order valence-electron chi connectivity index (χ1n) is 6.22. The van der Waals surface area contributed by atoms with E-state index >= 15 is 0 Å². The number of anilines is 1. The summed E-state index contributed by atoms with van der Waals surface area (Å²) in [6.45, 7) is 3.23. The van der Waals surface area contributed by atoms with Crippen LogP contribution in [0.3, 0.4) is 0 Å². The summed E-state index contributed by atoms with van der Waals surface area (Å²) in [7, 11) is 0. The van der Waals surface area contributed by atoms with Crippen molar-refractivity contribution in [2.45, 2.75) is 25.4 Å². The molecule has 2 N–H and O–H groups in total. The van der Waals surface area contributed by atoms with Crippen LogP contribution in [0.15, 0.2) is 18.2 Å². The topological polar surface area (TPSA) is 52.1 Å². The van der Waals surface area contributed by atoms with Gasteiger partial charge in [0.2, 0.25) is 5.95 Å². The van der Waals surface area contributed by atoms with Gasteiger partial charge in [-0.15, -0.1) is 0 Å². The Hall–Kier alpha value is -1.62. The fourth-order valence-corrected chi connectivity index (χ4v) is 2.56. The molecule has 0 amide bonds. The Labute approximate surface area is 104 Å². The fourth-order valence-electron chi connectivity index (χ4n) is 2.56. The Morgan fingerprint density at radius 2 is 2.28 bits per heavy atom. The van der Waals surface area contributed by atoms with E-state index < -0.39 is 5.60 Å². The Bertz CT molecular complexity index is 575. The standard InChI is InChI=1S/C13H16FN3O/c1-2-5-13(18)7-17(8-13)12-15-10-4-3-9(14)6-11(10)16-12/h3-4,6,18H,2,5,7-8H2,1H3,(H,15,16). The van der Waals surface area contributed by atoms with Crippen molar-refractivity contribution in [1.29, 1.82) is 0 Å². The van der Waals surface area contributed by atoms with Crippen LogP contribution < -0.4 is 4.90 Å². The summed E-state index contributed by atoms with van der Waals surface area (Å²) in [6, 6.07) is 4.49. The van der Waals surface area contributed by atoms with Crippen molar-refractivity contribution in [3.8, 4) is 0 Å². The molecule has 0 radical (unpaired) electrons. The molecule has 0 saturated carbocycles. The molecular weight excluding hydrogens is 233 g/mol. The second kappa shape index (κ2) is 3.95. The third-order valence-electron chi connectivity index (χ3n) is 3.42. The number of halogens is 1. The first kappa shape index (κ1) is 11.5. The molecule has 0 unspecified atom stereocenters. The van der Waals surface area contributed by atoms with Gasteiger partial charge in [0.15, 0.2) is 0 Å². The third-order valence-corrected chi connectivity index (χ3v) is 3.42. The van der Waals surface area contributed by atoms with Crippen LogP contribution in [-0.2, 0) is 0 Å². The number of β-amino-alcohol motifs (C(OH)–C–C–N with tert-alkyl or cyclic N) is 1. The number of hydrogen-bond acceptors (Lipinski definition) is 3. The lowest BCUT2D eigenvalue weighted by Crippen LogP contribution is -2.62. The zero-order chi connectivity index (χ0) is 12.8. The minimum atomic E-state index is -0.584. The Morgan fingerprint density at radius 3 is 3.00 bits per heavy atom. The van der Waals surface area contributed by atoms with Crippen LogP contribution >= 0.6 is 0 Å². The molecule has 1 aromatic carbocycles. The molecule has 1 saturated heterocycles. The van der Waals surface area contributed by atoms with Crippen molar-refractivity contribution in [3.05, 3.63) is 24.0 Å². The van der Waals surface area contributed by atoms with Crippen LogP contribution in [0.5, 0.6) is 0 Å². The van der Waals surface area contributed by atoms with Gasteiger partial charge in [0.25, 0.3) is 0 Å². The van der Waals surface area contributed by atoms with E-state index in [9.17, 15) is 9.50 Å². The second-order valence-corrected chi connectivity index (χ2v) is 5.05. The Morgan fingerprint density at radius 1 is 1.50 bits per heavy atom. The molecule has 0 bridgehead atoms. The monoisotopic (exact) mass is 249 g/mol. The number of hydrogen-bond donors (Lipinski definition) is 2. The van der Waals surface area contributed by atoms with Gasteiger partial charge in [-0.3, -0.25) is 0 Å². The maximum Gasteiger partial charge on any atom is 0.204 e. The molecule has 5 heteroatoms. The number of benzene rings is 1. The van der Waals surface area contributed by atoms with Gasteiger partial charge >= 0.3 is 0 Å². The van der Waals surface area contributed by atoms with Gasteiger partial charge in [-0.1, -0.05) is 13.3 Å². The Kier molecular flexibility index (Phi) is 2.52. The summed E-state index contributed by atoms with van der Waals surface area (Å²) in [6.07, 6.45) is 1.77. The van der Waals surface area contributed by atoms with Crippen LogP contribution in [0.4, 0.5) is 10.3 Å². The maximum absolute atomic E-state index is 13.1. The van der Waals surface area contributed by atoms with Crippen molar-refractivity contribution in [1.82, 2.24) is 9.97 Å². The number of fused-ring (bicyclic) bond motifs is 1. The van der Waals surface area contributed by atoms with Gasteiger partial charge in [-0.05, 0) is 24.6 Å². The fraction of sp³-hybridized carbons (Fsp3) is 0.462. The minimum Gasteiger partial charge on any atom is -0.386 e. The molecule has 0 atom stereocenters. The molecule has 0 aliphatic carbocycles. The van der Waals surface area contributed by atoms with E-state index in [1.165, 1.54) is 12.1 Å². The summed E-state index contributed by atoms with van der Waals surface area (Å²) in [5.74, 6) is 0.431. The van der Waals surface area contributed by atoms with E-state index in [0.717, 1.165) is 18.4 Å². The molecule has 3 rings (SSSR count). The van der Waals surface area contributed by atoms with Crippen LogP contribution in [-0.4, -0.2) is 33.8 Å². The highest BCUT2D eigenvalue weighted by atomic mass is 19.1. The SMILES string of the molecule is CCCC1(O)CN(c2nc3ccc(F)cc3[nH]2)C1. The molecular formula is C13H16FN3O. The highest BCUT2D eigenvalue weighted by Gasteiger charge is 2.41. The summed E-state index contributed by atoms with van der Waals surface area (Å²) in [4.78, 5) is 9.46. The van der Waals surface area contributed by atoms with Gasteiger partial charge in [0.05, 0.1) is 29.7 Å². The van der Waals surface area contributed by atoms with Gasteiger partial charge in [-0.2, -0.15) is 0 Å². The number of aromatic amines is 1. The normalized spacial score (nSPS) is 18.1. The molecule has 0 spiro atoms. The number of rotatable bonds is 3. The summed E-state index contributed by atoms with van der Waals surface area (Å²) in [5.41, 5.74) is 0.854. The predicted octanol–water partition coefficient (Wildman–Crippen LogP) is 2.05. The second-order valence-electron chi connectivity index (χ2n) is 5.05. The molecule has 4 nitrogen and oxygen atoms in total. The van der Waals surface area contributed by atoms with Crippen LogP contribution in [0.25, 0.3) is 11.0 Å². The largest absolute Gasteiger partial charge is 0.386 e. The lowest BCUT2D eigenvalue weighted by molar-refractivity contribution is 0.00257. The van der Waals surface area contributed by atoms with Crippen LogP contribution in [0.1, 0.15) is 19.8 Å². The third kappa shape index (κ3) is 1.84. The average Bonchev–Trinajstić information content (AvgIpc) is 2.68. The molecule has 2 heterocycles. The van der Waals surface area contributed by atoms with Gasteiger partial charge in [-0.25, -0.2) is 9.37 Å². The zero-order valence-electron chi connectivity index (χ0n) is 10.3. The first-order valence-corrected chi connectivity index (χ1v) is 6.22. The smallest absolute Gasteiger partial charge is 0.204 e. The minimum absolute atomic E-state index is 0.274. The van der Waals surface area contributed by atoms with E-state index in [0.29, 0.717) is 24.6 Å². The van der Waals surface area contributed by atoms with Crippen LogP contribution in [0, 0.1) is 5.82 Å². The number of nitrogens with one attached hydrogen (secondary N) is 1. The van der Waals surface area contributed by atoms with Crippen molar-refractivity contribution < 1.29 is 9.50 Å². The van der Waals surface area contributed by atoms with E-state index in [2.05, 4.69) is 16.9 Å². The molecule has 1 aliphatic rings. The number of H-pyrrole nitrogens is 1. The number of aliphatic hydroxyl groups is 1. The van der Waals surface area contributed by atoms with Crippen molar-refractivity contribution >= 4 is 17.0 Å². The quantitative estimate of drug-likeness (QED) is 0.875. The highest BCUT2D eigenvalue weighted by Crippen LogP contribution is 2.30. The van der Waals surface area contributed by atoms with Gasteiger partial charge in [0, 0.05) is 0 Å². The molecule has 1 aromatic heterocycles. The van der Waals surface area contributed by atoms with E-state index in [1.54, 1.807) is 6.07 Å². The number of aromatic nitrogens is 2. The van der Waals surface area contributed by atoms with Crippen molar-refractivity contribution in [2.75, 3.05) is 18.0 Å². The molecule has 18 heavy (non-hydrogen) atoms. The summed E-state index contributed by atoms with van der Waals surface area (Å²) in [5, 5.41) is 10.1. The molecule has 2 aromatic rings. The van der Waals surface area contributed by atoms with Gasteiger partial charge < -0.3 is 15.0 Å². The van der Waals surface area contributed by atoms with Crippen LogP contribution in [0.2, 0.25) is 0 Å². The van der Waals surface area contributed by atoms with Crippen molar-refractivity contribution in [3.63, 3.8) is 0 Å². The first-order chi connectivity index (χ1) is 8.59. The predicted molar refractivity (Wildman–Crippen MR) is 68.1 cm³/mol. The lowest BCUT2D eigenvalue weighted by atomic mass is 9.90. The number of nitrogens with zero attached hydrogens (tertiary/aromatic N) is 2. The van der Waals surface area contributed by atoms with E-state index in [4.69, 9.17) is 0 Å². The molecule has 96 valence electrons. The van der Waals surface area contributed by atoms with E-state index in [1.807, 2.05) is 4.90 Å².